The number of esters is 1. The zero-order valence-electron chi connectivity index (χ0n) is 17.4. The van der Waals surface area contributed by atoms with Gasteiger partial charge in [0.2, 0.25) is 5.91 Å². The van der Waals surface area contributed by atoms with Crippen molar-refractivity contribution in [3.8, 4) is 5.75 Å². The lowest BCUT2D eigenvalue weighted by Gasteiger charge is -2.13. The minimum absolute atomic E-state index is 0.123. The van der Waals surface area contributed by atoms with E-state index in [0.717, 1.165) is 4.57 Å². The van der Waals surface area contributed by atoms with Gasteiger partial charge in [-0.3, -0.25) is 14.2 Å². The van der Waals surface area contributed by atoms with Crippen LogP contribution < -0.4 is 21.3 Å². The Bertz CT molecular complexity index is 1240. The van der Waals surface area contributed by atoms with Crippen LogP contribution in [-0.4, -0.2) is 39.2 Å². The van der Waals surface area contributed by atoms with Crippen LogP contribution in [0.3, 0.4) is 0 Å². The van der Waals surface area contributed by atoms with Crippen molar-refractivity contribution in [2.45, 2.75) is 20.4 Å². The average molecular weight is 426 g/mol. The van der Waals surface area contributed by atoms with Crippen LogP contribution in [0.1, 0.15) is 24.2 Å². The smallest absolute Gasteiger partial charge is 0.338 e. The zero-order valence-corrected chi connectivity index (χ0v) is 17.4. The number of rotatable bonds is 7. The molecule has 162 valence electrons. The molecule has 0 aliphatic heterocycles. The molecule has 0 aliphatic carbocycles. The molecule has 1 N–H and O–H groups in total. The normalized spacial score (nSPS) is 10.7. The van der Waals surface area contributed by atoms with Crippen molar-refractivity contribution in [3.63, 3.8) is 0 Å². The van der Waals surface area contributed by atoms with Gasteiger partial charge in [0.15, 0.2) is 5.65 Å². The maximum atomic E-state index is 13.0. The van der Waals surface area contributed by atoms with Crippen molar-refractivity contribution in [1.82, 2.24) is 14.1 Å². The van der Waals surface area contributed by atoms with E-state index in [0.29, 0.717) is 17.9 Å². The summed E-state index contributed by atoms with van der Waals surface area (Å²) in [5.41, 5.74) is -0.420. The summed E-state index contributed by atoms with van der Waals surface area (Å²) >= 11 is 0. The van der Waals surface area contributed by atoms with Crippen LogP contribution in [0.4, 0.5) is 5.69 Å². The second-order valence-corrected chi connectivity index (χ2v) is 6.52. The summed E-state index contributed by atoms with van der Waals surface area (Å²) in [6.07, 6.45) is 1.45. The van der Waals surface area contributed by atoms with Crippen LogP contribution in [0.15, 0.2) is 46.1 Å². The summed E-state index contributed by atoms with van der Waals surface area (Å²) in [5.74, 6) is -0.758. The number of pyridine rings is 1. The van der Waals surface area contributed by atoms with Crippen LogP contribution >= 0.6 is 0 Å². The highest BCUT2D eigenvalue weighted by Crippen LogP contribution is 2.19. The molecule has 3 rings (SSSR count). The quantitative estimate of drug-likeness (QED) is 0.565. The van der Waals surface area contributed by atoms with Gasteiger partial charge in [-0.15, -0.1) is 0 Å². The molecule has 1 aromatic carbocycles. The number of hydrogen-bond acceptors (Lipinski definition) is 7. The van der Waals surface area contributed by atoms with E-state index < -0.39 is 29.7 Å². The molecule has 0 saturated carbocycles. The second-order valence-electron chi connectivity index (χ2n) is 6.52. The second kappa shape index (κ2) is 9.24. The molecule has 0 atom stereocenters. The van der Waals surface area contributed by atoms with Gasteiger partial charge < -0.3 is 14.8 Å². The van der Waals surface area contributed by atoms with Crippen LogP contribution in [0.25, 0.3) is 11.0 Å². The van der Waals surface area contributed by atoms with Gasteiger partial charge in [-0.1, -0.05) is 0 Å². The van der Waals surface area contributed by atoms with Crippen molar-refractivity contribution >= 4 is 28.6 Å². The Morgan fingerprint density at radius 2 is 1.77 bits per heavy atom. The highest BCUT2D eigenvalue weighted by molar-refractivity contribution is 5.93. The molecule has 31 heavy (non-hydrogen) atoms. The first-order valence-electron chi connectivity index (χ1n) is 9.65. The van der Waals surface area contributed by atoms with Gasteiger partial charge in [0.05, 0.1) is 18.8 Å². The largest absolute Gasteiger partial charge is 0.493 e. The van der Waals surface area contributed by atoms with E-state index in [1.54, 1.807) is 13.8 Å². The monoisotopic (exact) mass is 426 g/mol. The Hall–Kier alpha value is -3.95. The minimum Gasteiger partial charge on any atom is -0.493 e. The molecule has 2 aromatic heterocycles. The van der Waals surface area contributed by atoms with E-state index in [1.165, 1.54) is 48.1 Å². The minimum atomic E-state index is -0.675. The number of benzene rings is 1. The predicted molar refractivity (Wildman–Crippen MR) is 113 cm³/mol. The number of anilines is 1. The predicted octanol–water partition coefficient (Wildman–Crippen LogP) is 1.31. The number of hydrogen-bond donors (Lipinski definition) is 1. The summed E-state index contributed by atoms with van der Waals surface area (Å²) in [6, 6.07) is 7.61. The van der Waals surface area contributed by atoms with E-state index >= 15 is 0 Å². The van der Waals surface area contributed by atoms with E-state index in [1.807, 2.05) is 0 Å². The number of aryl methyl sites for hydroxylation is 1. The number of carbonyl (C=O) groups is 2. The fraction of sp³-hybridized carbons (Fsp3) is 0.286. The van der Waals surface area contributed by atoms with E-state index in [-0.39, 0.29) is 23.4 Å². The molecule has 10 heteroatoms. The molecular formula is C21H22N4O6. The molecule has 0 radical (unpaired) electrons. The molecule has 0 spiro atoms. The number of aromatic nitrogens is 3. The van der Waals surface area contributed by atoms with Crippen molar-refractivity contribution in [1.29, 1.82) is 0 Å². The van der Waals surface area contributed by atoms with Crippen LogP contribution in [0.5, 0.6) is 5.75 Å². The Kier molecular flexibility index (Phi) is 6.49. The summed E-state index contributed by atoms with van der Waals surface area (Å²) in [5, 5.41) is 2.73. The highest BCUT2D eigenvalue weighted by Gasteiger charge is 2.18. The molecule has 2 heterocycles. The third-order valence-electron chi connectivity index (χ3n) is 4.47. The standard InChI is InChI=1S/C21H22N4O6/c1-4-30-15-10-11-22-18-17(15)19(27)25(21(29)24(18)3)12-16(26)23-14-8-6-13(7-9-14)20(28)31-5-2/h6-11H,4-5,12H2,1-3H3,(H,23,26). The highest BCUT2D eigenvalue weighted by atomic mass is 16.5. The van der Waals surface area contributed by atoms with Gasteiger partial charge in [0, 0.05) is 18.9 Å². The van der Waals surface area contributed by atoms with Crippen molar-refractivity contribution < 1.29 is 19.1 Å². The Morgan fingerprint density at radius 1 is 1.06 bits per heavy atom. The summed E-state index contributed by atoms with van der Waals surface area (Å²) in [4.78, 5) is 53.9. The molecule has 0 fully saturated rings. The Labute approximate surface area is 177 Å². The molecule has 0 bridgehead atoms. The molecule has 0 aliphatic rings. The first-order chi connectivity index (χ1) is 14.9. The van der Waals surface area contributed by atoms with E-state index in [2.05, 4.69) is 10.3 Å². The summed E-state index contributed by atoms with van der Waals surface area (Å²) in [6.45, 7) is 3.56. The summed E-state index contributed by atoms with van der Waals surface area (Å²) < 4.78 is 12.4. The Morgan fingerprint density at radius 3 is 2.42 bits per heavy atom. The van der Waals surface area contributed by atoms with Gasteiger partial charge in [-0.05, 0) is 44.2 Å². The Balaban J connectivity index is 1.88. The first kappa shape index (κ1) is 21.8. The third-order valence-corrected chi connectivity index (χ3v) is 4.47. The van der Waals surface area contributed by atoms with Gasteiger partial charge in [-0.25, -0.2) is 19.1 Å². The van der Waals surface area contributed by atoms with Crippen LogP contribution in [-0.2, 0) is 23.1 Å². The number of nitrogens with zero attached hydrogens (tertiary/aromatic N) is 3. The van der Waals surface area contributed by atoms with Crippen LogP contribution in [0.2, 0.25) is 0 Å². The topological polar surface area (TPSA) is 122 Å². The molecule has 3 aromatic rings. The van der Waals surface area contributed by atoms with Gasteiger partial charge >= 0.3 is 11.7 Å². The maximum absolute atomic E-state index is 13.0. The lowest BCUT2D eigenvalue weighted by Crippen LogP contribution is -2.42. The van der Waals surface area contributed by atoms with Crippen molar-refractivity contribution in [3.05, 3.63) is 62.9 Å². The number of ether oxygens (including phenoxy) is 2. The third kappa shape index (κ3) is 4.47. The number of amides is 1. The van der Waals surface area contributed by atoms with Crippen molar-refractivity contribution in [2.75, 3.05) is 18.5 Å². The number of carbonyl (C=O) groups excluding carboxylic acids is 2. The lowest BCUT2D eigenvalue weighted by molar-refractivity contribution is -0.116. The fourth-order valence-corrected chi connectivity index (χ4v) is 3.05. The van der Waals surface area contributed by atoms with Crippen molar-refractivity contribution in [2.24, 2.45) is 7.05 Å². The average Bonchev–Trinajstić information content (AvgIpc) is 2.76. The number of fused-ring (bicyclic) bond motifs is 1. The molecule has 0 saturated heterocycles. The van der Waals surface area contributed by atoms with Gasteiger partial charge in [0.25, 0.3) is 5.56 Å². The molecule has 10 nitrogen and oxygen atoms in total. The van der Waals surface area contributed by atoms with Crippen LogP contribution in [0, 0.1) is 0 Å². The molecular weight excluding hydrogens is 404 g/mol. The maximum Gasteiger partial charge on any atom is 0.338 e. The SMILES string of the molecule is CCOC(=O)c1ccc(NC(=O)Cn2c(=O)c3c(OCC)ccnc3n(C)c2=O)cc1. The fourth-order valence-electron chi connectivity index (χ4n) is 3.05. The summed E-state index contributed by atoms with van der Waals surface area (Å²) in [7, 11) is 1.47. The zero-order chi connectivity index (χ0) is 22.5. The molecule has 0 unspecified atom stereocenters. The number of nitrogens with one attached hydrogen (secondary N) is 1. The first-order valence-corrected chi connectivity index (χ1v) is 9.65. The van der Waals surface area contributed by atoms with E-state index in [4.69, 9.17) is 9.47 Å². The molecule has 1 amide bonds. The van der Waals surface area contributed by atoms with Gasteiger partial charge in [-0.2, -0.15) is 0 Å². The van der Waals surface area contributed by atoms with E-state index in [9.17, 15) is 19.2 Å². The lowest BCUT2D eigenvalue weighted by atomic mass is 10.2. The van der Waals surface area contributed by atoms with Gasteiger partial charge in [0.1, 0.15) is 17.7 Å².